The lowest BCUT2D eigenvalue weighted by atomic mass is 9.84. The van der Waals surface area contributed by atoms with E-state index in [4.69, 9.17) is 0 Å². The van der Waals surface area contributed by atoms with E-state index in [0.717, 1.165) is 24.6 Å². The number of ether oxygens (including phenoxy) is 1. The predicted octanol–water partition coefficient (Wildman–Crippen LogP) is 3.36. The van der Waals surface area contributed by atoms with Crippen LogP contribution in [0, 0.1) is 11.7 Å². The van der Waals surface area contributed by atoms with Gasteiger partial charge in [-0.3, -0.25) is 4.79 Å². The molecule has 2 unspecified atom stereocenters. The fourth-order valence-electron chi connectivity index (χ4n) is 3.74. The lowest BCUT2D eigenvalue weighted by Crippen LogP contribution is -2.45. The molecule has 0 aromatic heterocycles. The Hall–Kier alpha value is -1.57. The standard InChI is InChI=1S/C16H17F3O4S/c17-10-4-5-13(14(8-10)23-16(18)19)15(20)9-6-11-2-1-3-12(7-9)24(11,21)22/h4-5,8-9,11-12,16H,1-3,6-7H2. The molecule has 8 heteroatoms. The highest BCUT2D eigenvalue weighted by Crippen LogP contribution is 2.41. The summed E-state index contributed by atoms with van der Waals surface area (Å²) >= 11 is 0. The summed E-state index contributed by atoms with van der Waals surface area (Å²) in [7, 11) is -3.21. The van der Waals surface area contributed by atoms with Crippen molar-refractivity contribution in [2.24, 2.45) is 5.92 Å². The second-order valence-electron chi connectivity index (χ2n) is 6.32. The number of sulfone groups is 1. The molecule has 2 saturated heterocycles. The maximum absolute atomic E-state index is 13.3. The van der Waals surface area contributed by atoms with E-state index in [1.807, 2.05) is 0 Å². The van der Waals surface area contributed by atoms with Gasteiger partial charge in [-0.15, -0.1) is 0 Å². The average molecular weight is 362 g/mol. The summed E-state index contributed by atoms with van der Waals surface area (Å²) in [6.45, 7) is -3.18. The molecule has 4 nitrogen and oxygen atoms in total. The molecule has 2 atom stereocenters. The van der Waals surface area contributed by atoms with Gasteiger partial charge in [-0.05, 0) is 37.8 Å². The van der Waals surface area contributed by atoms with Crippen molar-refractivity contribution >= 4 is 15.6 Å². The Morgan fingerprint density at radius 2 is 1.79 bits per heavy atom. The van der Waals surface area contributed by atoms with Crippen molar-refractivity contribution in [2.75, 3.05) is 0 Å². The van der Waals surface area contributed by atoms with E-state index in [9.17, 15) is 26.4 Å². The van der Waals surface area contributed by atoms with Crippen LogP contribution in [0.3, 0.4) is 0 Å². The molecule has 0 spiro atoms. The van der Waals surface area contributed by atoms with Gasteiger partial charge in [0.15, 0.2) is 15.6 Å². The van der Waals surface area contributed by atoms with E-state index in [2.05, 4.69) is 4.74 Å². The van der Waals surface area contributed by atoms with Crippen molar-refractivity contribution in [3.05, 3.63) is 29.6 Å². The quantitative estimate of drug-likeness (QED) is 0.771. The van der Waals surface area contributed by atoms with Gasteiger partial charge in [-0.1, -0.05) is 6.42 Å². The van der Waals surface area contributed by atoms with Gasteiger partial charge >= 0.3 is 6.61 Å². The molecule has 0 radical (unpaired) electrons. The zero-order valence-corrected chi connectivity index (χ0v) is 13.6. The summed E-state index contributed by atoms with van der Waals surface area (Å²) in [6.07, 6.45) is 2.22. The number of carbonyl (C=O) groups excluding carboxylic acids is 1. The number of hydrogen-bond donors (Lipinski definition) is 0. The Balaban J connectivity index is 1.88. The van der Waals surface area contributed by atoms with E-state index in [0.29, 0.717) is 12.8 Å². The molecule has 0 saturated carbocycles. The van der Waals surface area contributed by atoms with Crippen LogP contribution >= 0.6 is 0 Å². The first-order chi connectivity index (χ1) is 11.3. The second kappa shape index (κ2) is 6.38. The minimum Gasteiger partial charge on any atom is -0.434 e. The fraction of sp³-hybridized carbons (Fsp3) is 0.562. The van der Waals surface area contributed by atoms with Crippen molar-refractivity contribution in [1.82, 2.24) is 0 Å². The molecule has 24 heavy (non-hydrogen) atoms. The fourth-order valence-corrected chi connectivity index (χ4v) is 6.27. The minimum atomic E-state index is -3.21. The van der Waals surface area contributed by atoms with Gasteiger partial charge in [0.1, 0.15) is 11.6 Å². The lowest BCUT2D eigenvalue weighted by molar-refractivity contribution is -0.0503. The molecule has 132 valence electrons. The Kier molecular flexibility index (Phi) is 4.59. The van der Waals surface area contributed by atoms with Crippen LogP contribution in [0.2, 0.25) is 0 Å². The normalized spacial score (nSPS) is 28.6. The van der Waals surface area contributed by atoms with Crippen LogP contribution in [-0.4, -0.2) is 31.3 Å². The number of halogens is 3. The van der Waals surface area contributed by atoms with Gasteiger partial charge in [0, 0.05) is 12.0 Å². The number of benzene rings is 1. The molecule has 2 aliphatic rings. The first-order valence-corrected chi connectivity index (χ1v) is 9.41. The summed E-state index contributed by atoms with van der Waals surface area (Å²) in [4.78, 5) is 12.7. The van der Waals surface area contributed by atoms with Crippen LogP contribution in [0.15, 0.2) is 18.2 Å². The Labute approximate surface area is 137 Å². The number of fused-ring (bicyclic) bond motifs is 2. The van der Waals surface area contributed by atoms with Crippen LogP contribution in [0.5, 0.6) is 5.75 Å². The van der Waals surface area contributed by atoms with Crippen LogP contribution in [-0.2, 0) is 9.84 Å². The van der Waals surface area contributed by atoms with Gasteiger partial charge in [0.25, 0.3) is 0 Å². The maximum Gasteiger partial charge on any atom is 0.387 e. The summed E-state index contributed by atoms with van der Waals surface area (Å²) in [5.41, 5.74) is -0.126. The smallest absolute Gasteiger partial charge is 0.387 e. The number of rotatable bonds is 4. The van der Waals surface area contributed by atoms with E-state index in [1.165, 1.54) is 0 Å². The third-order valence-electron chi connectivity index (χ3n) is 4.87. The number of alkyl halides is 2. The van der Waals surface area contributed by atoms with Crippen LogP contribution in [0.25, 0.3) is 0 Å². The third-order valence-corrected chi connectivity index (χ3v) is 7.59. The molecular formula is C16H17F3O4S. The summed E-state index contributed by atoms with van der Waals surface area (Å²) < 4.78 is 67.1. The van der Waals surface area contributed by atoms with Gasteiger partial charge in [0.05, 0.1) is 16.1 Å². The monoisotopic (exact) mass is 362 g/mol. The van der Waals surface area contributed by atoms with Crippen LogP contribution in [0.4, 0.5) is 13.2 Å². The van der Waals surface area contributed by atoms with Crippen molar-refractivity contribution < 1.29 is 31.1 Å². The Bertz CT molecular complexity index is 728. The maximum atomic E-state index is 13.3. The molecular weight excluding hydrogens is 345 g/mol. The lowest BCUT2D eigenvalue weighted by Gasteiger charge is -2.38. The van der Waals surface area contributed by atoms with E-state index in [-0.39, 0.29) is 18.4 Å². The van der Waals surface area contributed by atoms with Crippen molar-refractivity contribution in [1.29, 1.82) is 0 Å². The van der Waals surface area contributed by atoms with Gasteiger partial charge < -0.3 is 4.74 Å². The molecule has 1 aromatic rings. The number of Topliss-reactive ketones (excluding diaryl/α,β-unsaturated/α-hetero) is 1. The van der Waals surface area contributed by atoms with Crippen LogP contribution in [0.1, 0.15) is 42.5 Å². The molecule has 2 heterocycles. The molecule has 0 N–H and O–H groups in total. The molecule has 0 amide bonds. The molecule has 3 rings (SSSR count). The molecule has 1 aromatic carbocycles. The largest absolute Gasteiger partial charge is 0.434 e. The molecule has 2 fully saturated rings. The van der Waals surface area contributed by atoms with Gasteiger partial charge in [0.2, 0.25) is 0 Å². The Morgan fingerprint density at radius 1 is 1.17 bits per heavy atom. The number of carbonyl (C=O) groups is 1. The average Bonchev–Trinajstić information content (AvgIpc) is 2.45. The summed E-state index contributed by atoms with van der Waals surface area (Å²) in [5.74, 6) is -2.33. The zero-order chi connectivity index (χ0) is 17.5. The highest BCUT2D eigenvalue weighted by atomic mass is 32.2. The van der Waals surface area contributed by atoms with Crippen molar-refractivity contribution in [2.45, 2.75) is 49.2 Å². The van der Waals surface area contributed by atoms with E-state index in [1.54, 1.807) is 0 Å². The van der Waals surface area contributed by atoms with Gasteiger partial charge in [-0.2, -0.15) is 8.78 Å². The van der Waals surface area contributed by atoms with E-state index >= 15 is 0 Å². The summed E-state index contributed by atoms with van der Waals surface area (Å²) in [5, 5.41) is -1.11. The number of hydrogen-bond acceptors (Lipinski definition) is 4. The molecule has 0 aliphatic carbocycles. The summed E-state index contributed by atoms with van der Waals surface area (Å²) in [6, 6.07) is 2.88. The molecule has 2 bridgehead atoms. The third kappa shape index (κ3) is 3.16. The Morgan fingerprint density at radius 3 is 2.38 bits per heavy atom. The SMILES string of the molecule is O=C(c1ccc(F)cc1OC(F)F)C1CC2CCCC(C1)S2(=O)=O. The van der Waals surface area contributed by atoms with Crippen LogP contribution < -0.4 is 4.74 Å². The first kappa shape index (κ1) is 17.3. The first-order valence-electron chi connectivity index (χ1n) is 7.80. The highest BCUT2D eigenvalue weighted by molar-refractivity contribution is 7.92. The zero-order valence-electron chi connectivity index (χ0n) is 12.8. The second-order valence-corrected chi connectivity index (χ2v) is 8.83. The number of ketones is 1. The topological polar surface area (TPSA) is 60.4 Å². The van der Waals surface area contributed by atoms with Crippen molar-refractivity contribution in [3.8, 4) is 5.75 Å². The molecule has 2 aliphatic heterocycles. The van der Waals surface area contributed by atoms with Crippen molar-refractivity contribution in [3.63, 3.8) is 0 Å². The van der Waals surface area contributed by atoms with Gasteiger partial charge in [-0.25, -0.2) is 12.8 Å². The highest BCUT2D eigenvalue weighted by Gasteiger charge is 2.46. The predicted molar refractivity (Wildman–Crippen MR) is 80.4 cm³/mol. The van der Waals surface area contributed by atoms with E-state index < -0.39 is 50.2 Å². The minimum absolute atomic E-state index is 0.126.